The Morgan fingerprint density at radius 3 is 3.00 bits per heavy atom. The quantitative estimate of drug-likeness (QED) is 0.809. The number of aromatic nitrogens is 3. The Morgan fingerprint density at radius 2 is 2.33 bits per heavy atom. The fourth-order valence-electron chi connectivity index (χ4n) is 1.46. The molecule has 80 valence electrons. The molecule has 5 nitrogen and oxygen atoms in total. The molecule has 15 heavy (non-hydrogen) atoms. The van der Waals surface area contributed by atoms with E-state index in [0.717, 1.165) is 17.9 Å². The molecule has 0 aliphatic carbocycles. The van der Waals surface area contributed by atoms with Crippen molar-refractivity contribution >= 4 is 0 Å². The lowest BCUT2D eigenvalue weighted by Gasteiger charge is -1.98. The fraction of sp³-hybridized carbons (Fsp3) is 0.400. The number of nitrogens with zero attached hydrogens (tertiary/aromatic N) is 3. The van der Waals surface area contributed by atoms with Gasteiger partial charge in [0.05, 0.1) is 6.54 Å². The van der Waals surface area contributed by atoms with Crippen molar-refractivity contribution in [3.63, 3.8) is 0 Å². The van der Waals surface area contributed by atoms with Gasteiger partial charge < -0.3 is 9.88 Å². The lowest BCUT2D eigenvalue weighted by atomic mass is 10.3. The van der Waals surface area contributed by atoms with Gasteiger partial charge in [0.15, 0.2) is 0 Å². The Labute approximate surface area is 88.1 Å². The monoisotopic (exact) mass is 206 g/mol. The highest BCUT2D eigenvalue weighted by Gasteiger charge is 2.05. The zero-order chi connectivity index (χ0) is 10.7. The number of hydrogen-bond donors (Lipinski definition) is 1. The molecule has 2 aromatic heterocycles. The summed E-state index contributed by atoms with van der Waals surface area (Å²) in [6.07, 6.45) is 4.12. The van der Waals surface area contributed by atoms with E-state index >= 15 is 0 Å². The molecule has 0 aliphatic heterocycles. The number of nitrogens with one attached hydrogen (secondary N) is 1. The summed E-state index contributed by atoms with van der Waals surface area (Å²) in [7, 11) is 1.93. The van der Waals surface area contributed by atoms with Crippen molar-refractivity contribution in [3.05, 3.63) is 35.4 Å². The van der Waals surface area contributed by atoms with Crippen molar-refractivity contribution in [1.29, 1.82) is 0 Å². The Bertz CT molecular complexity index is 432. The maximum Gasteiger partial charge on any atom is 0.127 e. The molecule has 0 saturated carbocycles. The summed E-state index contributed by atoms with van der Waals surface area (Å²) in [4.78, 5) is 0. The van der Waals surface area contributed by atoms with Gasteiger partial charge in [0, 0.05) is 18.9 Å². The lowest BCUT2D eigenvalue weighted by molar-refractivity contribution is 0.300. The van der Waals surface area contributed by atoms with Crippen molar-refractivity contribution in [3.8, 4) is 0 Å². The van der Waals surface area contributed by atoms with Gasteiger partial charge in [-0.2, -0.15) is 0 Å². The van der Waals surface area contributed by atoms with Crippen LogP contribution < -0.4 is 5.32 Å². The second-order valence-corrected chi connectivity index (χ2v) is 3.52. The zero-order valence-corrected chi connectivity index (χ0v) is 8.90. The van der Waals surface area contributed by atoms with Crippen LogP contribution in [-0.2, 0) is 13.1 Å². The summed E-state index contributed by atoms with van der Waals surface area (Å²) in [5.41, 5.74) is 2.98. The minimum Gasteiger partial charge on any atom is -0.348 e. The molecule has 0 spiro atoms. The van der Waals surface area contributed by atoms with Crippen LogP contribution in [0.2, 0.25) is 0 Å². The van der Waals surface area contributed by atoms with Crippen LogP contribution in [0.5, 0.6) is 0 Å². The summed E-state index contributed by atoms with van der Waals surface area (Å²) in [5.74, 6) is 0. The molecule has 0 aromatic carbocycles. The SMILES string of the molecule is CNCc1ccn(Cc2nonc2C)c1. The van der Waals surface area contributed by atoms with Gasteiger partial charge in [-0.15, -0.1) is 0 Å². The molecule has 0 fully saturated rings. The summed E-state index contributed by atoms with van der Waals surface area (Å²) < 4.78 is 6.71. The van der Waals surface area contributed by atoms with Gasteiger partial charge in [0.2, 0.25) is 0 Å². The number of hydrogen-bond acceptors (Lipinski definition) is 4. The van der Waals surface area contributed by atoms with Gasteiger partial charge in [-0.1, -0.05) is 10.3 Å². The maximum absolute atomic E-state index is 4.65. The highest BCUT2D eigenvalue weighted by Crippen LogP contribution is 2.06. The number of aryl methyl sites for hydroxylation is 1. The number of rotatable bonds is 4. The van der Waals surface area contributed by atoms with E-state index in [1.54, 1.807) is 0 Å². The normalized spacial score (nSPS) is 10.8. The summed E-state index contributed by atoms with van der Waals surface area (Å²) >= 11 is 0. The Morgan fingerprint density at radius 1 is 1.47 bits per heavy atom. The molecule has 5 heteroatoms. The second kappa shape index (κ2) is 4.27. The van der Waals surface area contributed by atoms with Crippen LogP contribution in [0, 0.1) is 6.92 Å². The Kier molecular flexibility index (Phi) is 2.82. The molecule has 0 aliphatic rings. The highest BCUT2D eigenvalue weighted by molar-refractivity contribution is 5.13. The average Bonchev–Trinajstić information content (AvgIpc) is 2.79. The molecule has 1 N–H and O–H groups in total. The Hall–Kier alpha value is -1.62. The maximum atomic E-state index is 4.65. The summed E-state index contributed by atoms with van der Waals surface area (Å²) in [6.45, 7) is 3.48. The van der Waals surface area contributed by atoms with E-state index < -0.39 is 0 Å². The van der Waals surface area contributed by atoms with Gasteiger partial charge in [0.25, 0.3) is 0 Å². The third-order valence-corrected chi connectivity index (χ3v) is 2.27. The van der Waals surface area contributed by atoms with Gasteiger partial charge in [-0.05, 0) is 25.6 Å². The van der Waals surface area contributed by atoms with Gasteiger partial charge in [-0.25, -0.2) is 4.63 Å². The van der Waals surface area contributed by atoms with Crippen molar-refractivity contribution in [1.82, 2.24) is 20.2 Å². The van der Waals surface area contributed by atoms with Gasteiger partial charge in [0.1, 0.15) is 11.4 Å². The van der Waals surface area contributed by atoms with Crippen LogP contribution in [0.3, 0.4) is 0 Å². The van der Waals surface area contributed by atoms with Crippen molar-refractivity contribution in [2.45, 2.75) is 20.0 Å². The van der Waals surface area contributed by atoms with E-state index in [-0.39, 0.29) is 0 Å². The van der Waals surface area contributed by atoms with Crippen LogP contribution in [0.15, 0.2) is 23.1 Å². The minimum atomic E-state index is 0.707. The first-order chi connectivity index (χ1) is 7.29. The molecule has 0 unspecified atom stereocenters. The molecule has 2 heterocycles. The van der Waals surface area contributed by atoms with E-state index in [9.17, 15) is 0 Å². The summed E-state index contributed by atoms with van der Waals surface area (Å²) in [6, 6.07) is 2.08. The third kappa shape index (κ3) is 2.24. The summed E-state index contributed by atoms with van der Waals surface area (Å²) in [5, 5.41) is 10.7. The first-order valence-electron chi connectivity index (χ1n) is 4.87. The predicted molar refractivity (Wildman–Crippen MR) is 55.3 cm³/mol. The zero-order valence-electron chi connectivity index (χ0n) is 8.90. The van der Waals surface area contributed by atoms with Gasteiger partial charge >= 0.3 is 0 Å². The molecule has 0 atom stereocenters. The molecule has 0 amide bonds. The Balaban J connectivity index is 2.08. The van der Waals surface area contributed by atoms with Crippen LogP contribution in [0.4, 0.5) is 0 Å². The third-order valence-electron chi connectivity index (χ3n) is 2.27. The molecule has 0 bridgehead atoms. The lowest BCUT2D eigenvalue weighted by Crippen LogP contribution is -2.04. The average molecular weight is 206 g/mol. The van der Waals surface area contributed by atoms with Crippen molar-refractivity contribution < 1.29 is 4.63 Å². The standard InChI is InChI=1S/C10H14N4O/c1-8-10(13-15-12-8)7-14-4-3-9(6-14)5-11-2/h3-4,6,11H,5,7H2,1-2H3. The molecule has 2 rings (SSSR count). The van der Waals surface area contributed by atoms with Crippen LogP contribution in [0.25, 0.3) is 0 Å². The van der Waals surface area contributed by atoms with Gasteiger partial charge in [-0.3, -0.25) is 0 Å². The molecule has 0 radical (unpaired) electrons. The van der Waals surface area contributed by atoms with E-state index in [4.69, 9.17) is 0 Å². The smallest absolute Gasteiger partial charge is 0.127 e. The van der Waals surface area contributed by atoms with Crippen LogP contribution in [0.1, 0.15) is 17.0 Å². The topological polar surface area (TPSA) is 55.9 Å². The fourth-order valence-corrected chi connectivity index (χ4v) is 1.46. The molecular formula is C10H14N4O. The van der Waals surface area contributed by atoms with Crippen molar-refractivity contribution in [2.75, 3.05) is 7.05 Å². The predicted octanol–water partition coefficient (Wildman–Crippen LogP) is 0.947. The van der Waals surface area contributed by atoms with E-state index in [0.29, 0.717) is 6.54 Å². The minimum absolute atomic E-state index is 0.707. The largest absolute Gasteiger partial charge is 0.348 e. The first kappa shape index (κ1) is 9.92. The molecule has 0 saturated heterocycles. The highest BCUT2D eigenvalue weighted by atomic mass is 16.6. The van der Waals surface area contributed by atoms with Crippen LogP contribution in [-0.4, -0.2) is 21.9 Å². The van der Waals surface area contributed by atoms with E-state index in [1.165, 1.54) is 5.56 Å². The van der Waals surface area contributed by atoms with Crippen LogP contribution >= 0.6 is 0 Å². The molecular weight excluding hydrogens is 192 g/mol. The van der Waals surface area contributed by atoms with E-state index in [2.05, 4.69) is 37.1 Å². The molecule has 2 aromatic rings. The first-order valence-corrected chi connectivity index (χ1v) is 4.87. The van der Waals surface area contributed by atoms with Crippen molar-refractivity contribution in [2.24, 2.45) is 0 Å². The van der Waals surface area contributed by atoms with E-state index in [1.807, 2.05) is 20.2 Å². The second-order valence-electron chi connectivity index (χ2n) is 3.52.